The lowest BCUT2D eigenvalue weighted by molar-refractivity contribution is -0.433. The Bertz CT molecular complexity index is 906. The van der Waals surface area contributed by atoms with Crippen LogP contribution in [0.4, 0.5) is 0 Å². The van der Waals surface area contributed by atoms with Gasteiger partial charge in [0.1, 0.15) is 0 Å². The Balaban J connectivity index is 2.65. The highest BCUT2D eigenvalue weighted by Gasteiger charge is 2.23. The van der Waals surface area contributed by atoms with E-state index < -0.39 is 0 Å². The molecular formula is C13H9Cl2N2O3+. The summed E-state index contributed by atoms with van der Waals surface area (Å²) in [5.41, 5.74) is 0.975. The van der Waals surface area contributed by atoms with Crippen molar-refractivity contribution in [3.05, 3.63) is 45.3 Å². The Labute approximate surface area is 123 Å². The average Bonchev–Trinajstić information content (AvgIpc) is 2.46. The molecule has 1 N–H and O–H groups in total. The number of hydrogen-bond acceptors (Lipinski definition) is 3. The van der Waals surface area contributed by atoms with Crippen LogP contribution in [0, 0.1) is 4.91 Å². The van der Waals surface area contributed by atoms with E-state index in [4.69, 9.17) is 27.9 Å². The zero-order valence-corrected chi connectivity index (χ0v) is 11.8. The Morgan fingerprint density at radius 1 is 1.20 bits per heavy atom. The van der Waals surface area contributed by atoms with Gasteiger partial charge in [0.05, 0.1) is 21.6 Å². The summed E-state index contributed by atoms with van der Waals surface area (Å²) in [6.45, 7) is 0. The third-order valence-electron chi connectivity index (χ3n) is 3.09. The molecule has 7 heteroatoms. The van der Waals surface area contributed by atoms with Gasteiger partial charge in [-0.05, 0) is 18.2 Å². The first-order valence-electron chi connectivity index (χ1n) is 5.67. The van der Waals surface area contributed by atoms with Crippen molar-refractivity contribution in [3.63, 3.8) is 0 Å². The largest absolute Gasteiger partial charge is 0.490 e. The molecule has 20 heavy (non-hydrogen) atoms. The van der Waals surface area contributed by atoms with Crippen molar-refractivity contribution in [1.82, 2.24) is 4.73 Å². The van der Waals surface area contributed by atoms with E-state index in [9.17, 15) is 10.1 Å². The Morgan fingerprint density at radius 3 is 2.60 bits per heavy atom. The lowest BCUT2D eigenvalue weighted by Crippen LogP contribution is -2.21. The number of halogens is 2. The molecule has 0 saturated heterocycles. The summed E-state index contributed by atoms with van der Waals surface area (Å²) in [4.78, 5) is 12.5. The Morgan fingerprint density at radius 2 is 1.90 bits per heavy atom. The maximum Gasteiger partial charge on any atom is 0.331 e. The maximum atomic E-state index is 12.5. The first kappa shape index (κ1) is 13.0. The molecule has 0 bridgehead atoms. The van der Waals surface area contributed by atoms with Crippen LogP contribution in [0.25, 0.3) is 22.1 Å². The molecule has 1 heterocycles. The van der Waals surface area contributed by atoms with Gasteiger partial charge in [0, 0.05) is 11.0 Å². The van der Waals surface area contributed by atoms with Crippen molar-refractivity contribution < 1.29 is 14.4 Å². The minimum atomic E-state index is 0.193. The first-order chi connectivity index (χ1) is 9.54. The smallest absolute Gasteiger partial charge is 0.331 e. The number of fused-ring (bicyclic) bond motifs is 2. The van der Waals surface area contributed by atoms with Crippen molar-refractivity contribution in [3.8, 4) is 5.75 Å². The fourth-order valence-corrected chi connectivity index (χ4v) is 2.47. The number of ether oxygens (including phenoxy) is 1. The SMILES string of the molecule is COc1cccc2c1[n+](=O)c1cc(Cl)c(Cl)cc1n2O. The number of methoxy groups -OCH3 is 1. The van der Waals surface area contributed by atoms with Crippen molar-refractivity contribution in [2.24, 2.45) is 0 Å². The van der Waals surface area contributed by atoms with Crippen molar-refractivity contribution >= 4 is 45.3 Å². The second-order valence-electron chi connectivity index (χ2n) is 4.19. The summed E-state index contributed by atoms with van der Waals surface area (Å²) in [6, 6.07) is 7.77. The molecule has 0 aliphatic heterocycles. The molecule has 3 rings (SSSR count). The summed E-state index contributed by atoms with van der Waals surface area (Å²) in [6.07, 6.45) is 0. The molecule has 0 amide bonds. The fourth-order valence-electron chi connectivity index (χ4n) is 2.16. The van der Waals surface area contributed by atoms with Crippen LogP contribution in [0.2, 0.25) is 10.0 Å². The molecule has 1 aromatic heterocycles. The van der Waals surface area contributed by atoms with Crippen LogP contribution in [0.3, 0.4) is 0 Å². The lowest BCUT2D eigenvalue weighted by atomic mass is 10.2. The van der Waals surface area contributed by atoms with E-state index in [0.29, 0.717) is 15.7 Å². The summed E-state index contributed by atoms with van der Waals surface area (Å²) >= 11 is 11.9. The summed E-state index contributed by atoms with van der Waals surface area (Å²) in [5, 5.41) is 10.8. The highest BCUT2D eigenvalue weighted by molar-refractivity contribution is 6.42. The number of aromatic nitrogens is 2. The standard InChI is InChI=1S/C13H9Cl2N2O3/c1-20-12-4-2-3-9-13(12)17(19)11-6-8(15)7(14)5-10(11)16(9)18/h2-6,18H,1H3/q+1. The number of rotatable bonds is 1. The van der Waals surface area contributed by atoms with Crippen LogP contribution in [0.15, 0.2) is 30.3 Å². The van der Waals surface area contributed by atoms with E-state index in [1.807, 2.05) is 0 Å². The van der Waals surface area contributed by atoms with Gasteiger partial charge in [-0.2, -0.15) is 4.73 Å². The van der Waals surface area contributed by atoms with Gasteiger partial charge in [-0.15, -0.1) is 0 Å². The van der Waals surface area contributed by atoms with Gasteiger partial charge in [-0.3, -0.25) is 0 Å². The summed E-state index contributed by atoms with van der Waals surface area (Å²) in [5.74, 6) is 0.355. The molecule has 0 aliphatic carbocycles. The molecule has 0 spiro atoms. The zero-order valence-electron chi connectivity index (χ0n) is 10.3. The highest BCUT2D eigenvalue weighted by atomic mass is 35.5. The normalized spacial score (nSPS) is 11.2. The van der Waals surface area contributed by atoms with Gasteiger partial charge in [0.15, 0.2) is 16.8 Å². The second-order valence-corrected chi connectivity index (χ2v) is 5.00. The van der Waals surface area contributed by atoms with Crippen LogP contribution in [-0.4, -0.2) is 17.0 Å². The van der Waals surface area contributed by atoms with Crippen LogP contribution >= 0.6 is 23.2 Å². The Hall–Kier alpha value is -1.98. The molecule has 0 radical (unpaired) electrons. The van der Waals surface area contributed by atoms with Crippen LogP contribution in [0.1, 0.15) is 0 Å². The number of para-hydroxylation sites is 1. The van der Waals surface area contributed by atoms with Gasteiger partial charge >= 0.3 is 5.52 Å². The molecule has 2 aromatic carbocycles. The molecular weight excluding hydrogens is 303 g/mol. The van der Waals surface area contributed by atoms with Gasteiger partial charge < -0.3 is 9.94 Å². The monoisotopic (exact) mass is 311 g/mol. The zero-order chi connectivity index (χ0) is 14.4. The van der Waals surface area contributed by atoms with Crippen molar-refractivity contribution in [1.29, 1.82) is 0 Å². The summed E-state index contributed by atoms with van der Waals surface area (Å²) < 4.78 is 6.72. The van der Waals surface area contributed by atoms with Crippen LogP contribution in [0.5, 0.6) is 5.75 Å². The van der Waals surface area contributed by atoms with Crippen LogP contribution in [-0.2, 0) is 0 Å². The van der Waals surface area contributed by atoms with E-state index in [0.717, 1.165) is 4.73 Å². The molecule has 102 valence electrons. The van der Waals surface area contributed by atoms with Crippen molar-refractivity contribution in [2.45, 2.75) is 0 Å². The third kappa shape index (κ3) is 1.71. The minimum Gasteiger partial charge on any atom is -0.490 e. The third-order valence-corrected chi connectivity index (χ3v) is 3.82. The fraction of sp³-hybridized carbons (Fsp3) is 0.0769. The van der Waals surface area contributed by atoms with E-state index in [-0.39, 0.29) is 26.6 Å². The van der Waals surface area contributed by atoms with Crippen LogP contribution < -0.4 is 9.16 Å². The molecule has 0 saturated carbocycles. The summed E-state index contributed by atoms with van der Waals surface area (Å²) in [7, 11) is 1.45. The number of nitrogens with zero attached hydrogens (tertiary/aromatic N) is 2. The molecule has 0 fully saturated rings. The predicted molar refractivity (Wildman–Crippen MR) is 76.6 cm³/mol. The predicted octanol–water partition coefficient (Wildman–Crippen LogP) is 3.26. The lowest BCUT2D eigenvalue weighted by Gasteiger charge is -2.06. The van der Waals surface area contributed by atoms with Gasteiger partial charge in [0.2, 0.25) is 0 Å². The Kier molecular flexibility index (Phi) is 2.96. The van der Waals surface area contributed by atoms with Gasteiger partial charge in [0.25, 0.3) is 5.52 Å². The van der Waals surface area contributed by atoms with Crippen molar-refractivity contribution in [2.75, 3.05) is 7.11 Å². The molecule has 0 atom stereocenters. The maximum absolute atomic E-state index is 12.5. The molecule has 3 aromatic rings. The highest BCUT2D eigenvalue weighted by Crippen LogP contribution is 2.29. The average molecular weight is 312 g/mol. The van der Waals surface area contributed by atoms with Gasteiger partial charge in [-0.25, -0.2) is 0 Å². The van der Waals surface area contributed by atoms with Gasteiger partial charge in [-0.1, -0.05) is 29.3 Å². The number of benzene rings is 2. The number of hydrogen-bond donors (Lipinski definition) is 1. The second kappa shape index (κ2) is 4.54. The van der Waals surface area contributed by atoms with E-state index in [1.54, 1.807) is 18.2 Å². The minimum absolute atomic E-state index is 0.193. The first-order valence-corrected chi connectivity index (χ1v) is 6.42. The molecule has 0 aliphatic rings. The van der Waals surface area contributed by atoms with E-state index in [1.165, 1.54) is 19.2 Å². The van der Waals surface area contributed by atoms with E-state index in [2.05, 4.69) is 0 Å². The molecule has 5 nitrogen and oxygen atoms in total. The molecule has 0 unspecified atom stereocenters. The topological polar surface area (TPSA) is 57.4 Å². The van der Waals surface area contributed by atoms with E-state index >= 15 is 0 Å². The quantitative estimate of drug-likeness (QED) is 0.426.